The lowest BCUT2D eigenvalue weighted by Gasteiger charge is -2.09. The van der Waals surface area contributed by atoms with Crippen LogP contribution in [0.4, 0.5) is 5.69 Å². The molecule has 4 nitrogen and oxygen atoms in total. The average molecular weight is 387 g/mol. The molecule has 2 aromatic rings. The van der Waals surface area contributed by atoms with Gasteiger partial charge in [0.2, 0.25) is 11.8 Å². The van der Waals surface area contributed by atoms with Crippen molar-refractivity contribution in [2.24, 2.45) is 0 Å². The summed E-state index contributed by atoms with van der Waals surface area (Å²) in [7, 11) is 0. The van der Waals surface area contributed by atoms with Gasteiger partial charge < -0.3 is 10.6 Å². The van der Waals surface area contributed by atoms with Crippen LogP contribution in [0.25, 0.3) is 6.08 Å². The van der Waals surface area contributed by atoms with Crippen molar-refractivity contribution in [3.63, 3.8) is 0 Å². The number of halogens is 1. The van der Waals surface area contributed by atoms with Gasteiger partial charge in [-0.25, -0.2) is 0 Å². The Morgan fingerprint density at radius 2 is 1.88 bits per heavy atom. The molecule has 0 saturated carbocycles. The Kier molecular flexibility index (Phi) is 6.75. The second kappa shape index (κ2) is 9.03. The summed E-state index contributed by atoms with van der Waals surface area (Å²) < 4.78 is 0.905. The Morgan fingerprint density at radius 1 is 1.12 bits per heavy atom. The molecule has 2 amide bonds. The number of carbonyl (C=O) groups excluding carboxylic acids is 2. The highest BCUT2D eigenvalue weighted by Crippen LogP contribution is 2.20. The molecule has 0 aliphatic heterocycles. The van der Waals surface area contributed by atoms with E-state index < -0.39 is 0 Å². The Hall–Kier alpha value is -2.40. The minimum absolute atomic E-state index is 0.136. The smallest absolute Gasteiger partial charge is 0.244 e. The number of hydrogen-bond donors (Lipinski definition) is 2. The van der Waals surface area contributed by atoms with Gasteiger partial charge >= 0.3 is 0 Å². The molecule has 0 atom stereocenters. The van der Waals surface area contributed by atoms with E-state index in [9.17, 15) is 9.59 Å². The van der Waals surface area contributed by atoms with Gasteiger partial charge in [0, 0.05) is 29.2 Å². The van der Waals surface area contributed by atoms with Gasteiger partial charge in [0.1, 0.15) is 0 Å². The molecule has 0 unspecified atom stereocenters. The number of aryl methyl sites for hydroxylation is 1. The largest absolute Gasteiger partial charge is 0.352 e. The molecule has 0 bridgehead atoms. The molecule has 0 radical (unpaired) electrons. The van der Waals surface area contributed by atoms with Crippen LogP contribution in [0.1, 0.15) is 17.5 Å². The second-order valence-electron chi connectivity index (χ2n) is 5.29. The van der Waals surface area contributed by atoms with Crippen LogP contribution in [0.5, 0.6) is 0 Å². The summed E-state index contributed by atoms with van der Waals surface area (Å²) in [5.74, 6) is -0.353. The molecule has 124 valence electrons. The summed E-state index contributed by atoms with van der Waals surface area (Å²) in [5, 5.41) is 5.54. The zero-order chi connectivity index (χ0) is 17.4. The first-order chi connectivity index (χ1) is 11.5. The third-order valence-corrected chi connectivity index (χ3v) is 3.84. The molecule has 2 aromatic carbocycles. The number of hydrogen-bond acceptors (Lipinski definition) is 2. The minimum atomic E-state index is -0.217. The van der Waals surface area contributed by atoms with E-state index in [1.165, 1.54) is 6.08 Å². The van der Waals surface area contributed by atoms with Crippen molar-refractivity contribution >= 4 is 39.5 Å². The Bertz CT molecular complexity index is 742. The summed E-state index contributed by atoms with van der Waals surface area (Å²) >= 11 is 3.38. The topological polar surface area (TPSA) is 58.2 Å². The van der Waals surface area contributed by atoms with Gasteiger partial charge in [0.05, 0.1) is 0 Å². The van der Waals surface area contributed by atoms with Crippen LogP contribution in [0.2, 0.25) is 0 Å². The standard InChI is InChI=1S/C19H19BrN2O2/c1-14-7-9-16(20)13-17(14)22-19(24)11-12-21-18(23)10-8-15-5-3-2-4-6-15/h2-10,13H,11-12H2,1H3,(H,21,23)(H,22,24)/b10-8+. The highest BCUT2D eigenvalue weighted by atomic mass is 79.9. The lowest BCUT2D eigenvalue weighted by molar-refractivity contribution is -0.117. The first-order valence-electron chi connectivity index (χ1n) is 7.61. The van der Waals surface area contributed by atoms with E-state index in [0.29, 0.717) is 0 Å². The highest BCUT2D eigenvalue weighted by Gasteiger charge is 2.06. The molecule has 2 N–H and O–H groups in total. The molecule has 0 saturated heterocycles. The van der Waals surface area contributed by atoms with Crippen molar-refractivity contribution in [1.82, 2.24) is 5.32 Å². The molecule has 0 aromatic heterocycles. The van der Waals surface area contributed by atoms with Crippen molar-refractivity contribution in [3.8, 4) is 0 Å². The third-order valence-electron chi connectivity index (χ3n) is 3.35. The van der Waals surface area contributed by atoms with Gasteiger partial charge in [0.15, 0.2) is 0 Å². The van der Waals surface area contributed by atoms with Crippen LogP contribution in [0.3, 0.4) is 0 Å². The molecular weight excluding hydrogens is 368 g/mol. The van der Waals surface area contributed by atoms with Crippen molar-refractivity contribution < 1.29 is 9.59 Å². The quantitative estimate of drug-likeness (QED) is 0.739. The van der Waals surface area contributed by atoms with E-state index in [4.69, 9.17) is 0 Å². The Balaban J connectivity index is 1.75. The normalized spacial score (nSPS) is 10.6. The van der Waals surface area contributed by atoms with Gasteiger partial charge in [-0.15, -0.1) is 0 Å². The van der Waals surface area contributed by atoms with E-state index in [1.54, 1.807) is 6.08 Å². The fourth-order valence-electron chi connectivity index (χ4n) is 2.04. The molecule has 0 spiro atoms. The van der Waals surface area contributed by atoms with Crippen LogP contribution in [-0.4, -0.2) is 18.4 Å². The first kappa shape index (κ1) is 17.9. The molecule has 0 fully saturated rings. The maximum absolute atomic E-state index is 11.9. The summed E-state index contributed by atoms with van der Waals surface area (Å²) in [6.45, 7) is 2.22. The SMILES string of the molecule is Cc1ccc(Br)cc1NC(=O)CCNC(=O)/C=C/c1ccccc1. The van der Waals surface area contributed by atoms with Crippen molar-refractivity contribution in [2.75, 3.05) is 11.9 Å². The van der Waals surface area contributed by atoms with E-state index in [2.05, 4.69) is 26.6 Å². The first-order valence-corrected chi connectivity index (χ1v) is 8.41. The second-order valence-corrected chi connectivity index (χ2v) is 6.21. The van der Waals surface area contributed by atoms with Gasteiger partial charge in [-0.2, -0.15) is 0 Å². The number of amides is 2. The average Bonchev–Trinajstić information content (AvgIpc) is 2.57. The van der Waals surface area contributed by atoms with Gasteiger partial charge in [0.25, 0.3) is 0 Å². The lowest BCUT2D eigenvalue weighted by atomic mass is 10.2. The molecule has 24 heavy (non-hydrogen) atoms. The molecule has 5 heteroatoms. The van der Waals surface area contributed by atoms with Crippen molar-refractivity contribution in [3.05, 3.63) is 70.2 Å². The number of carbonyl (C=O) groups is 2. The fourth-order valence-corrected chi connectivity index (χ4v) is 2.40. The van der Waals surface area contributed by atoms with Crippen LogP contribution in [-0.2, 0) is 9.59 Å². The summed E-state index contributed by atoms with van der Waals surface area (Å²) in [4.78, 5) is 23.7. The minimum Gasteiger partial charge on any atom is -0.352 e. The molecule has 2 rings (SSSR count). The summed E-state index contributed by atoms with van der Waals surface area (Å²) in [6.07, 6.45) is 3.42. The van der Waals surface area contributed by atoms with Gasteiger partial charge in [-0.1, -0.05) is 52.3 Å². The summed E-state index contributed by atoms with van der Waals surface area (Å²) in [5.41, 5.74) is 2.71. The van der Waals surface area contributed by atoms with E-state index in [0.717, 1.165) is 21.3 Å². The number of nitrogens with one attached hydrogen (secondary N) is 2. The van der Waals surface area contributed by atoms with Crippen molar-refractivity contribution in [1.29, 1.82) is 0 Å². The Morgan fingerprint density at radius 3 is 2.62 bits per heavy atom. The van der Waals surface area contributed by atoms with E-state index >= 15 is 0 Å². The van der Waals surface area contributed by atoms with E-state index in [1.807, 2.05) is 55.5 Å². The monoisotopic (exact) mass is 386 g/mol. The van der Waals surface area contributed by atoms with Crippen LogP contribution < -0.4 is 10.6 Å². The van der Waals surface area contributed by atoms with Gasteiger partial charge in [-0.3, -0.25) is 9.59 Å². The number of anilines is 1. The molecule has 0 heterocycles. The molecule has 0 aliphatic rings. The third kappa shape index (κ3) is 6.01. The van der Waals surface area contributed by atoms with E-state index in [-0.39, 0.29) is 24.8 Å². The lowest BCUT2D eigenvalue weighted by Crippen LogP contribution is -2.26. The zero-order valence-corrected chi connectivity index (χ0v) is 15.0. The van der Waals surface area contributed by atoms with Crippen LogP contribution >= 0.6 is 15.9 Å². The van der Waals surface area contributed by atoms with Gasteiger partial charge in [-0.05, 0) is 36.3 Å². The summed E-state index contributed by atoms with van der Waals surface area (Å²) in [6, 6.07) is 15.3. The van der Waals surface area contributed by atoms with Crippen LogP contribution in [0, 0.1) is 6.92 Å². The zero-order valence-electron chi connectivity index (χ0n) is 13.4. The highest BCUT2D eigenvalue weighted by molar-refractivity contribution is 9.10. The predicted molar refractivity (Wildman–Crippen MR) is 101 cm³/mol. The molecule has 0 aliphatic carbocycles. The predicted octanol–water partition coefficient (Wildman–Crippen LogP) is 3.92. The molecular formula is C19H19BrN2O2. The van der Waals surface area contributed by atoms with Crippen LogP contribution in [0.15, 0.2) is 59.1 Å². The Labute approximate surface area is 150 Å². The fraction of sp³-hybridized carbons (Fsp3) is 0.158. The number of rotatable bonds is 6. The van der Waals surface area contributed by atoms with Crippen molar-refractivity contribution in [2.45, 2.75) is 13.3 Å². The number of benzene rings is 2. The maximum Gasteiger partial charge on any atom is 0.244 e. The maximum atomic E-state index is 11.9.